The molecule has 1 amide bonds. The molecule has 43 heavy (non-hydrogen) atoms. The Labute approximate surface area is 262 Å². The second-order valence-corrected chi connectivity index (χ2v) is 12.7. The molecule has 0 saturated heterocycles. The Kier molecular flexibility index (Phi) is 13.1. The van der Waals surface area contributed by atoms with E-state index in [-0.39, 0.29) is 18.2 Å². The Hall–Kier alpha value is -3.86. The van der Waals surface area contributed by atoms with Crippen LogP contribution < -0.4 is 15.4 Å². The maximum Gasteiger partial charge on any atom is 0.407 e. The summed E-state index contributed by atoms with van der Waals surface area (Å²) in [7, 11) is 1.91. The first-order valence-corrected chi connectivity index (χ1v) is 15.6. The van der Waals surface area contributed by atoms with Crippen molar-refractivity contribution in [2.45, 2.75) is 64.3 Å². The molecule has 4 aromatic rings. The highest BCUT2D eigenvalue weighted by molar-refractivity contribution is 7.97. The molecule has 0 aliphatic rings. The Balaban J connectivity index is 0.000000765. The molecule has 228 valence electrons. The van der Waals surface area contributed by atoms with E-state index in [1.165, 1.54) is 0 Å². The Morgan fingerprint density at radius 2 is 1.74 bits per heavy atom. The summed E-state index contributed by atoms with van der Waals surface area (Å²) in [6.45, 7) is 11.1. The van der Waals surface area contributed by atoms with Crippen LogP contribution in [0.15, 0.2) is 83.9 Å². The van der Waals surface area contributed by atoms with Gasteiger partial charge in [0, 0.05) is 47.0 Å². The van der Waals surface area contributed by atoms with Crippen molar-refractivity contribution in [3.8, 4) is 21.0 Å². The summed E-state index contributed by atoms with van der Waals surface area (Å²) in [5.41, 5.74) is 5.15. The Bertz CT molecular complexity index is 1440. The quantitative estimate of drug-likeness (QED) is 0.115. The second-order valence-electron chi connectivity index (χ2n) is 10.8. The largest absolute Gasteiger partial charge is 0.465 e. The fourth-order valence-electron chi connectivity index (χ4n) is 3.54. The first-order valence-electron chi connectivity index (χ1n) is 13.9. The summed E-state index contributed by atoms with van der Waals surface area (Å²) < 4.78 is 13.2. The summed E-state index contributed by atoms with van der Waals surface area (Å²) in [4.78, 5) is 28.5. The van der Waals surface area contributed by atoms with Crippen LogP contribution in [0.25, 0.3) is 21.0 Å². The monoisotopic (exact) mass is 620 g/mol. The smallest absolute Gasteiger partial charge is 0.407 e. The van der Waals surface area contributed by atoms with Gasteiger partial charge in [0.05, 0.1) is 11.0 Å². The third-order valence-electron chi connectivity index (χ3n) is 5.68. The normalized spacial score (nSPS) is 10.9. The van der Waals surface area contributed by atoms with E-state index in [1.54, 1.807) is 37.1 Å². The van der Waals surface area contributed by atoms with Gasteiger partial charge in [-0.25, -0.2) is 9.78 Å². The number of carbonyl (C=O) groups is 2. The summed E-state index contributed by atoms with van der Waals surface area (Å²) in [5.74, 6) is 0. The van der Waals surface area contributed by atoms with Gasteiger partial charge in [-0.3, -0.25) is 9.52 Å². The van der Waals surface area contributed by atoms with Crippen molar-refractivity contribution < 1.29 is 19.1 Å². The van der Waals surface area contributed by atoms with Gasteiger partial charge >= 0.3 is 6.09 Å². The van der Waals surface area contributed by atoms with Gasteiger partial charge < -0.3 is 20.1 Å². The van der Waals surface area contributed by atoms with Crippen molar-refractivity contribution in [2.75, 3.05) is 12.4 Å². The minimum Gasteiger partial charge on any atom is -0.465 e. The number of nitrogens with one attached hydrogen (secondary N) is 3. The molecule has 0 aliphatic heterocycles. The minimum absolute atomic E-state index is 0.0301. The topological polar surface area (TPSA) is 102 Å². The summed E-state index contributed by atoms with van der Waals surface area (Å²) >= 11 is 3.26. The molecule has 0 fully saturated rings. The van der Waals surface area contributed by atoms with Gasteiger partial charge in [-0.2, -0.15) is 0 Å². The number of ether oxygens (including phenoxy) is 2. The third kappa shape index (κ3) is 11.7. The molecular formula is C33H40N4O4S2. The lowest BCUT2D eigenvalue weighted by Gasteiger charge is -2.21. The molecule has 10 heteroatoms. The Morgan fingerprint density at radius 3 is 2.35 bits per heavy atom. The molecule has 3 aromatic carbocycles. The fraction of sp³-hybridized carbons (Fsp3) is 0.303. The molecule has 1 heterocycles. The average Bonchev–Trinajstić information content (AvgIpc) is 3.48. The number of hydrogen-bond donors (Lipinski definition) is 3. The van der Waals surface area contributed by atoms with Gasteiger partial charge in [-0.05, 0) is 88.0 Å². The van der Waals surface area contributed by atoms with Gasteiger partial charge in [-0.15, -0.1) is 11.3 Å². The molecule has 0 unspecified atom stereocenters. The van der Waals surface area contributed by atoms with E-state index in [0.717, 1.165) is 42.7 Å². The van der Waals surface area contributed by atoms with Crippen LogP contribution in [-0.2, 0) is 27.4 Å². The molecule has 0 bridgehead atoms. The molecule has 0 saturated carbocycles. The van der Waals surface area contributed by atoms with Crippen LogP contribution in [0.4, 0.5) is 10.5 Å². The molecule has 0 aliphatic carbocycles. The average molecular weight is 621 g/mol. The molecule has 1 aromatic heterocycles. The first-order chi connectivity index (χ1) is 20.6. The van der Waals surface area contributed by atoms with E-state index in [9.17, 15) is 9.59 Å². The highest BCUT2D eigenvalue weighted by Gasteiger charge is 2.16. The lowest BCUT2D eigenvalue weighted by atomic mass is 10.1. The van der Waals surface area contributed by atoms with Gasteiger partial charge in [0.2, 0.25) is 0 Å². The van der Waals surface area contributed by atoms with E-state index in [0.29, 0.717) is 13.0 Å². The molecule has 0 atom stereocenters. The van der Waals surface area contributed by atoms with Gasteiger partial charge in [-0.1, -0.05) is 42.5 Å². The number of rotatable bonds is 11. The molecule has 3 N–H and O–H groups in total. The van der Waals surface area contributed by atoms with E-state index < -0.39 is 6.09 Å². The molecule has 0 radical (unpaired) electrons. The molecular weight excluding hydrogens is 581 g/mol. The zero-order valence-electron chi connectivity index (χ0n) is 25.5. The van der Waals surface area contributed by atoms with Crippen LogP contribution >= 0.6 is 23.3 Å². The van der Waals surface area contributed by atoms with Crippen molar-refractivity contribution >= 4 is 41.5 Å². The number of aromatic nitrogens is 1. The fourth-order valence-corrected chi connectivity index (χ4v) is 5.48. The molecule has 8 nitrogen and oxygen atoms in total. The van der Waals surface area contributed by atoms with Crippen molar-refractivity contribution in [1.29, 1.82) is 0 Å². The predicted molar refractivity (Wildman–Crippen MR) is 177 cm³/mol. The number of hydrogen-bond acceptors (Lipinski definition) is 9. The van der Waals surface area contributed by atoms with E-state index in [4.69, 9.17) is 9.72 Å². The van der Waals surface area contributed by atoms with Crippen LogP contribution in [0.1, 0.15) is 45.7 Å². The number of nitrogens with zero attached hydrogens (tertiary/aromatic N) is 1. The number of carbonyl (C=O) groups excluding carboxylic acids is 2. The first kappa shape index (κ1) is 33.6. The zero-order chi connectivity index (χ0) is 31.2. The second kappa shape index (κ2) is 16.7. The van der Waals surface area contributed by atoms with Crippen LogP contribution in [0, 0.1) is 0 Å². The highest BCUT2D eigenvalue weighted by atomic mass is 32.2. The standard InChI is InChI=1S/C29H32N4O2S2.C4H8O2/c1-29(2,3)33-37-25-16-21(17-32-28(34)35-19-20-8-6-5-7-9-20)10-15-24(25)26-18-31-27(36-26)22-11-13-23(30-4)14-12-22;1-4(2)6-3-5/h5-16,18,30,33H,17,19H2,1-4H3,(H,32,34);3-4H,1-2H3. The Morgan fingerprint density at radius 1 is 1.02 bits per heavy atom. The van der Waals surface area contributed by atoms with E-state index in [1.807, 2.05) is 49.6 Å². The SMILES string of the molecule is CC(C)OC=O.CNc1ccc(-c2ncc(-c3ccc(CNC(=O)OCc4ccccc4)cc3SNC(C)(C)C)s2)cc1. The number of benzene rings is 3. The molecule has 4 rings (SSSR count). The van der Waals surface area contributed by atoms with Crippen LogP contribution in [0.5, 0.6) is 0 Å². The van der Waals surface area contributed by atoms with Gasteiger partial charge in [0.15, 0.2) is 0 Å². The summed E-state index contributed by atoms with van der Waals surface area (Å²) in [6, 6.07) is 24.2. The summed E-state index contributed by atoms with van der Waals surface area (Å²) in [5, 5.41) is 6.98. The van der Waals surface area contributed by atoms with Crippen molar-refractivity contribution in [1.82, 2.24) is 15.0 Å². The highest BCUT2D eigenvalue weighted by Crippen LogP contribution is 2.38. The van der Waals surface area contributed by atoms with E-state index >= 15 is 0 Å². The lowest BCUT2D eigenvalue weighted by Crippen LogP contribution is -2.29. The number of alkyl carbamates (subject to hydrolysis) is 1. The van der Waals surface area contributed by atoms with Crippen molar-refractivity contribution in [3.63, 3.8) is 0 Å². The number of anilines is 1. The van der Waals surface area contributed by atoms with Gasteiger partial charge in [0.25, 0.3) is 6.47 Å². The van der Waals surface area contributed by atoms with Crippen LogP contribution in [0.2, 0.25) is 0 Å². The zero-order valence-corrected chi connectivity index (χ0v) is 27.1. The van der Waals surface area contributed by atoms with Crippen molar-refractivity contribution in [2.24, 2.45) is 0 Å². The van der Waals surface area contributed by atoms with Crippen molar-refractivity contribution in [3.05, 3.63) is 90.1 Å². The maximum absolute atomic E-state index is 12.2. The lowest BCUT2D eigenvalue weighted by molar-refractivity contribution is -0.131. The maximum atomic E-state index is 12.2. The van der Waals surface area contributed by atoms with E-state index in [2.05, 4.69) is 77.3 Å². The van der Waals surface area contributed by atoms with Gasteiger partial charge in [0.1, 0.15) is 11.6 Å². The van der Waals surface area contributed by atoms with Crippen LogP contribution in [0.3, 0.4) is 0 Å². The van der Waals surface area contributed by atoms with Crippen LogP contribution in [-0.4, -0.2) is 36.2 Å². The third-order valence-corrected chi connectivity index (χ3v) is 8.03. The molecule has 0 spiro atoms. The number of amides is 1. The number of thiazole rings is 1. The summed E-state index contributed by atoms with van der Waals surface area (Å²) in [6.07, 6.45) is 1.52. The predicted octanol–water partition coefficient (Wildman–Crippen LogP) is 7.91. The minimum atomic E-state index is -0.439.